The third-order valence-corrected chi connectivity index (χ3v) is 10.7. The van der Waals surface area contributed by atoms with E-state index < -0.39 is 17.1 Å². The van der Waals surface area contributed by atoms with Gasteiger partial charge in [-0.25, -0.2) is 14.2 Å². The van der Waals surface area contributed by atoms with Crippen molar-refractivity contribution in [3.63, 3.8) is 0 Å². The molecule has 0 unspecified atom stereocenters. The summed E-state index contributed by atoms with van der Waals surface area (Å²) in [4.78, 5) is 40.0. The highest BCUT2D eigenvalue weighted by Gasteiger charge is 2.59. The van der Waals surface area contributed by atoms with Gasteiger partial charge in [-0.2, -0.15) is 4.99 Å². The molecule has 0 radical (unpaired) electrons. The molecule has 0 bridgehead atoms. The molecule has 0 spiro atoms. The number of benzene rings is 2. The molecule has 2 aliphatic heterocycles. The van der Waals surface area contributed by atoms with Crippen LogP contribution >= 0.6 is 20.7 Å². The predicted octanol–water partition coefficient (Wildman–Crippen LogP) is 3.92. The summed E-state index contributed by atoms with van der Waals surface area (Å²) in [5.74, 6) is -0.435. The third kappa shape index (κ3) is 7.96. The number of likely N-dealkylation sites (tertiary alicyclic amines) is 1. The van der Waals surface area contributed by atoms with Gasteiger partial charge in [0.25, 0.3) is 0 Å². The number of aliphatic hydroxyl groups is 1. The van der Waals surface area contributed by atoms with Crippen molar-refractivity contribution in [2.45, 2.75) is 31.7 Å². The van der Waals surface area contributed by atoms with Gasteiger partial charge in [-0.1, -0.05) is 25.2 Å². The minimum absolute atomic E-state index is 0.0239. The first-order chi connectivity index (χ1) is 22.7. The molecule has 6 rings (SSSR count). The van der Waals surface area contributed by atoms with E-state index in [2.05, 4.69) is 42.0 Å². The second kappa shape index (κ2) is 14.4. The fourth-order valence-electron chi connectivity index (χ4n) is 5.97. The number of hydrogen-bond acceptors (Lipinski definition) is 6. The SMILES string of the molecule is C=Ic1ccc([NH+]=C(O)C2(C(=O)Nc3ccc(Oc4ccnc(NC(=O)N5CCC(N6CCN(C)CC6)CC5)c4)cc3F)CC2)cc1. The number of carbonyl (C=O) groups is 2. The maximum Gasteiger partial charge on any atom is 0.354 e. The Hall–Kier alpha value is -3.95. The summed E-state index contributed by atoms with van der Waals surface area (Å²) in [6, 6.07) is 15.2. The van der Waals surface area contributed by atoms with E-state index in [1.54, 1.807) is 12.1 Å². The van der Waals surface area contributed by atoms with E-state index in [9.17, 15) is 14.7 Å². The van der Waals surface area contributed by atoms with Crippen molar-refractivity contribution in [3.05, 3.63) is 70.2 Å². The first-order valence-corrected chi connectivity index (χ1v) is 18.4. The molecule has 0 atom stereocenters. The molecular formula is C34H40FIN7O4+. The number of ether oxygens (including phenoxy) is 1. The van der Waals surface area contributed by atoms with Crippen molar-refractivity contribution in [2.75, 3.05) is 56.9 Å². The lowest BCUT2D eigenvalue weighted by atomic mass is 10.0. The predicted molar refractivity (Wildman–Crippen MR) is 188 cm³/mol. The van der Waals surface area contributed by atoms with Crippen molar-refractivity contribution >= 4 is 60.3 Å². The van der Waals surface area contributed by atoms with Crippen LogP contribution in [0.3, 0.4) is 0 Å². The zero-order chi connectivity index (χ0) is 33.0. The first-order valence-electron chi connectivity index (χ1n) is 15.8. The van der Waals surface area contributed by atoms with Crippen LogP contribution < -0.4 is 20.4 Å². The van der Waals surface area contributed by atoms with E-state index in [4.69, 9.17) is 4.74 Å². The summed E-state index contributed by atoms with van der Waals surface area (Å²) in [6.07, 6.45) is 4.29. The van der Waals surface area contributed by atoms with Crippen molar-refractivity contribution in [1.29, 1.82) is 0 Å². The van der Waals surface area contributed by atoms with E-state index in [0.29, 0.717) is 49.2 Å². The Morgan fingerprint density at radius 1 is 1.00 bits per heavy atom. The molecule has 3 aromatic rings. The fourth-order valence-corrected chi connectivity index (χ4v) is 6.83. The number of aromatic nitrogens is 1. The highest BCUT2D eigenvalue weighted by atomic mass is 127. The molecule has 248 valence electrons. The zero-order valence-electron chi connectivity index (χ0n) is 26.3. The molecule has 13 heteroatoms. The highest BCUT2D eigenvalue weighted by Crippen LogP contribution is 2.46. The van der Waals surface area contributed by atoms with Gasteiger partial charge in [0, 0.05) is 79.3 Å². The van der Waals surface area contributed by atoms with E-state index >= 15 is 4.39 Å². The molecule has 3 aliphatic rings. The Kier molecular flexibility index (Phi) is 10.1. The van der Waals surface area contributed by atoms with Crippen LogP contribution in [-0.2, 0) is 4.79 Å². The van der Waals surface area contributed by atoms with Crippen LogP contribution in [0.2, 0.25) is 0 Å². The van der Waals surface area contributed by atoms with Crippen LogP contribution in [0.4, 0.5) is 26.4 Å². The Morgan fingerprint density at radius 3 is 2.36 bits per heavy atom. The Balaban J connectivity index is 1.02. The van der Waals surface area contributed by atoms with Crippen LogP contribution in [0, 0.1) is 14.8 Å². The number of piperazine rings is 1. The number of aliphatic hydroxyl groups excluding tert-OH is 1. The van der Waals surface area contributed by atoms with E-state index in [-0.39, 0.29) is 44.1 Å². The monoisotopic (exact) mass is 756 g/mol. The number of pyridine rings is 1. The van der Waals surface area contributed by atoms with Gasteiger partial charge in [-0.15, -0.1) is 0 Å². The van der Waals surface area contributed by atoms with Gasteiger partial charge in [-0.3, -0.25) is 15.0 Å². The average Bonchev–Trinajstić information content (AvgIpc) is 3.90. The molecule has 2 aromatic carbocycles. The second-order valence-electron chi connectivity index (χ2n) is 12.3. The number of rotatable bonds is 9. The molecule has 3 amide bonds. The van der Waals surface area contributed by atoms with Crippen molar-refractivity contribution in [2.24, 2.45) is 5.41 Å². The lowest BCUT2D eigenvalue weighted by molar-refractivity contribution is -0.369. The molecule has 3 heterocycles. The van der Waals surface area contributed by atoms with Crippen LogP contribution in [0.15, 0.2) is 60.8 Å². The molecule has 1 saturated carbocycles. The molecule has 4 N–H and O–H groups in total. The number of anilines is 2. The standard InChI is InChI=1S/C34H39FIN7O4/c1-36-23-3-5-24(6-4-23)38-31(44)34(12-13-34)32(45)39-29-8-7-26(21-28(29)35)47-27-9-14-37-30(22-27)40-33(46)43-15-10-25(11-16-43)42-19-17-41(2)18-20-42/h3-9,14,21-22,25H,1,10-13,15-20H2,2H3,(H,38,44)(H,39,45)(H,37,40,46)/p+1. The smallest absolute Gasteiger partial charge is 0.354 e. The van der Waals surface area contributed by atoms with Crippen LogP contribution in [0.25, 0.3) is 0 Å². The maximum atomic E-state index is 15.1. The summed E-state index contributed by atoms with van der Waals surface area (Å²) in [5, 5.41) is 16.2. The average molecular weight is 757 g/mol. The molecule has 3 fully saturated rings. The van der Waals surface area contributed by atoms with Crippen LogP contribution in [0.5, 0.6) is 11.5 Å². The van der Waals surface area contributed by atoms with Gasteiger partial charge in [-0.05, 0) is 63.1 Å². The number of nitrogens with one attached hydrogen (secondary N) is 3. The lowest BCUT2D eigenvalue weighted by Gasteiger charge is -2.42. The minimum Gasteiger partial charge on any atom is -0.462 e. The number of likely N-dealkylation sites (N-methyl/N-ethyl adjacent to an activating group) is 1. The number of hydrogen-bond donors (Lipinski definition) is 4. The van der Waals surface area contributed by atoms with E-state index in [1.165, 1.54) is 24.4 Å². The Labute approximate surface area is 283 Å². The van der Waals surface area contributed by atoms with Gasteiger partial charge in [0.2, 0.25) is 11.6 Å². The quantitative estimate of drug-likeness (QED) is 0.148. The van der Waals surface area contributed by atoms with Crippen LogP contribution in [0.1, 0.15) is 25.7 Å². The first kappa shape index (κ1) is 33.0. The maximum absolute atomic E-state index is 15.1. The lowest BCUT2D eigenvalue weighted by Crippen LogP contribution is -2.69. The number of nitrogens with zero attached hydrogens (tertiary/aromatic N) is 4. The summed E-state index contributed by atoms with van der Waals surface area (Å²) in [6.45, 7) is 5.67. The Bertz CT molecular complexity index is 1650. The molecular weight excluding hydrogens is 716 g/mol. The second-order valence-corrected chi connectivity index (χ2v) is 14.3. The van der Waals surface area contributed by atoms with Gasteiger partial charge < -0.3 is 25.0 Å². The normalized spacial score (nSPS) is 18.9. The van der Waals surface area contributed by atoms with Crippen molar-refractivity contribution < 1.29 is 28.8 Å². The fraction of sp³-hybridized carbons (Fsp3) is 0.382. The summed E-state index contributed by atoms with van der Waals surface area (Å²) in [7, 11) is 2.15. The summed E-state index contributed by atoms with van der Waals surface area (Å²) in [5.41, 5.74) is -0.488. The van der Waals surface area contributed by atoms with Gasteiger partial charge in [0.05, 0.1) is 5.69 Å². The van der Waals surface area contributed by atoms with Gasteiger partial charge in [0.15, 0.2) is 5.41 Å². The van der Waals surface area contributed by atoms with Crippen molar-refractivity contribution in [3.8, 4) is 11.5 Å². The molecule has 1 aliphatic carbocycles. The topological polar surface area (TPSA) is 124 Å². The zero-order valence-corrected chi connectivity index (χ0v) is 28.5. The van der Waals surface area contributed by atoms with E-state index in [0.717, 1.165) is 42.6 Å². The highest BCUT2D eigenvalue weighted by molar-refractivity contribution is 14.2. The number of piperidine rings is 1. The molecule has 1 aromatic heterocycles. The molecule has 11 nitrogen and oxygen atoms in total. The number of amides is 3. The summed E-state index contributed by atoms with van der Waals surface area (Å²) < 4.78 is 26.1. The largest absolute Gasteiger partial charge is 0.462 e. The number of urea groups is 1. The van der Waals surface area contributed by atoms with E-state index in [1.807, 2.05) is 29.2 Å². The van der Waals surface area contributed by atoms with Gasteiger partial charge in [0.1, 0.15) is 23.1 Å². The Morgan fingerprint density at radius 2 is 1.70 bits per heavy atom. The molecule has 47 heavy (non-hydrogen) atoms. The van der Waals surface area contributed by atoms with Crippen LogP contribution in [-0.4, -0.2) is 99.5 Å². The number of carbonyl (C=O) groups excluding carboxylic acids is 2. The third-order valence-electron chi connectivity index (χ3n) is 9.10. The molecule has 2 saturated heterocycles. The summed E-state index contributed by atoms with van der Waals surface area (Å²) >= 11 is -0.284. The van der Waals surface area contributed by atoms with Crippen molar-refractivity contribution in [1.82, 2.24) is 19.7 Å². The number of halogens is 2. The van der Waals surface area contributed by atoms with Gasteiger partial charge >= 0.3 is 11.9 Å². The minimum atomic E-state index is -1.13.